The molecule has 1 amide bonds. The first-order valence-electron chi connectivity index (χ1n) is 7.93. The summed E-state index contributed by atoms with van der Waals surface area (Å²) in [6.45, 7) is 2.31. The molecule has 2 heterocycles. The number of hydrogen-bond donors (Lipinski definition) is 1. The van der Waals surface area contributed by atoms with E-state index in [9.17, 15) is 13.2 Å². The second kappa shape index (κ2) is 7.13. The number of nitrogens with zero attached hydrogens (tertiary/aromatic N) is 2. The van der Waals surface area contributed by atoms with Crippen LogP contribution in [-0.4, -0.2) is 37.4 Å². The summed E-state index contributed by atoms with van der Waals surface area (Å²) in [5, 5.41) is 3.03. The third-order valence-electron chi connectivity index (χ3n) is 4.07. The highest BCUT2D eigenvalue weighted by Crippen LogP contribution is 2.21. The smallest absolute Gasteiger partial charge is 0.256 e. The van der Waals surface area contributed by atoms with E-state index < -0.39 is 10.0 Å². The van der Waals surface area contributed by atoms with Crippen LogP contribution in [0.15, 0.2) is 57.1 Å². The van der Waals surface area contributed by atoms with Gasteiger partial charge in [-0.05, 0) is 36.3 Å². The standard InChI is InChI=1S/C17H18BrN3O3S/c1-2-15(12-3-6-14(18)7-4-12)19-17(22)13-5-8-16-20-25(23,24)10-9-21(16)11-13/h3-8,11,15H,2,9-10H2,1H3,(H,19,22)/t15-/m0/s1. The minimum Gasteiger partial charge on any atom is -0.345 e. The van der Waals surface area contributed by atoms with Crippen molar-refractivity contribution in [1.29, 1.82) is 0 Å². The highest BCUT2D eigenvalue weighted by atomic mass is 79.9. The molecule has 1 aromatic rings. The van der Waals surface area contributed by atoms with Crippen LogP contribution in [0.4, 0.5) is 0 Å². The SMILES string of the molecule is CC[C@H](NC(=O)C1=CN2CCS(=O)(=O)N=C2C=C1)c1ccc(Br)cc1. The summed E-state index contributed by atoms with van der Waals surface area (Å²) in [4.78, 5) is 14.3. The van der Waals surface area contributed by atoms with Crippen molar-refractivity contribution in [2.45, 2.75) is 19.4 Å². The molecule has 6 nitrogen and oxygen atoms in total. The number of hydrogen-bond acceptors (Lipinski definition) is 4. The van der Waals surface area contributed by atoms with Gasteiger partial charge in [0.05, 0.1) is 17.4 Å². The van der Waals surface area contributed by atoms with E-state index in [1.54, 1.807) is 23.3 Å². The van der Waals surface area contributed by atoms with Gasteiger partial charge in [-0.1, -0.05) is 35.0 Å². The Morgan fingerprint density at radius 3 is 2.72 bits per heavy atom. The quantitative estimate of drug-likeness (QED) is 0.806. The molecule has 2 aliphatic rings. The number of carbonyl (C=O) groups excluding carboxylic acids is 1. The van der Waals surface area contributed by atoms with Crippen LogP contribution in [0.3, 0.4) is 0 Å². The number of fused-ring (bicyclic) bond motifs is 1. The first-order chi connectivity index (χ1) is 11.9. The van der Waals surface area contributed by atoms with E-state index in [4.69, 9.17) is 0 Å². The summed E-state index contributed by atoms with van der Waals surface area (Å²) in [6.07, 6.45) is 5.57. The third-order valence-corrected chi connectivity index (χ3v) is 5.76. The summed E-state index contributed by atoms with van der Waals surface area (Å²) in [6, 6.07) is 7.75. The van der Waals surface area contributed by atoms with E-state index in [-0.39, 0.29) is 17.7 Å². The lowest BCUT2D eigenvalue weighted by Gasteiger charge is -2.27. The highest BCUT2D eigenvalue weighted by molar-refractivity contribution is 9.10. The van der Waals surface area contributed by atoms with E-state index in [0.717, 1.165) is 16.5 Å². The Balaban J connectivity index is 1.74. The molecule has 1 atom stereocenters. The van der Waals surface area contributed by atoms with Gasteiger partial charge in [-0.15, -0.1) is 4.40 Å². The van der Waals surface area contributed by atoms with Crippen molar-refractivity contribution in [3.05, 3.63) is 58.2 Å². The third kappa shape index (κ3) is 4.19. The molecule has 0 aromatic heterocycles. The molecular weight excluding hydrogens is 406 g/mol. The molecule has 3 rings (SSSR count). The Kier molecular flexibility index (Phi) is 5.10. The topological polar surface area (TPSA) is 78.8 Å². The fraction of sp³-hybridized carbons (Fsp3) is 0.294. The maximum atomic E-state index is 12.6. The summed E-state index contributed by atoms with van der Waals surface area (Å²) in [5.74, 6) is 0.105. The van der Waals surface area contributed by atoms with Crippen molar-refractivity contribution in [2.24, 2.45) is 4.40 Å². The monoisotopic (exact) mass is 423 g/mol. The van der Waals surface area contributed by atoms with Crippen LogP contribution >= 0.6 is 15.9 Å². The van der Waals surface area contributed by atoms with Crippen molar-refractivity contribution in [3.8, 4) is 0 Å². The average molecular weight is 424 g/mol. The van der Waals surface area contributed by atoms with E-state index >= 15 is 0 Å². The molecule has 0 fully saturated rings. The lowest BCUT2D eigenvalue weighted by molar-refractivity contribution is -0.118. The molecule has 0 radical (unpaired) electrons. The van der Waals surface area contributed by atoms with Gasteiger partial charge < -0.3 is 10.2 Å². The summed E-state index contributed by atoms with van der Waals surface area (Å²) >= 11 is 3.41. The minimum atomic E-state index is -3.39. The number of amides is 1. The largest absolute Gasteiger partial charge is 0.345 e. The number of halogens is 1. The predicted octanol–water partition coefficient (Wildman–Crippen LogP) is 2.51. The minimum absolute atomic E-state index is 0.0494. The van der Waals surface area contributed by atoms with Crippen molar-refractivity contribution >= 4 is 37.7 Å². The fourth-order valence-electron chi connectivity index (χ4n) is 2.69. The molecular formula is C17H18BrN3O3S. The Morgan fingerprint density at radius 1 is 1.32 bits per heavy atom. The first-order valence-corrected chi connectivity index (χ1v) is 10.3. The zero-order valence-corrected chi connectivity index (χ0v) is 16.0. The van der Waals surface area contributed by atoms with Crippen molar-refractivity contribution in [2.75, 3.05) is 12.3 Å². The van der Waals surface area contributed by atoms with Gasteiger partial charge in [-0.2, -0.15) is 0 Å². The van der Waals surface area contributed by atoms with Crippen LogP contribution in [0.5, 0.6) is 0 Å². The van der Waals surface area contributed by atoms with Crippen LogP contribution in [0.25, 0.3) is 0 Å². The molecule has 0 spiro atoms. The second-order valence-electron chi connectivity index (χ2n) is 5.83. The van der Waals surface area contributed by atoms with Gasteiger partial charge in [0.2, 0.25) is 0 Å². The predicted molar refractivity (Wildman–Crippen MR) is 100 cm³/mol. The van der Waals surface area contributed by atoms with Crippen LogP contribution in [0, 0.1) is 0 Å². The van der Waals surface area contributed by atoms with Crippen LogP contribution in [-0.2, 0) is 14.8 Å². The lowest BCUT2D eigenvalue weighted by atomic mass is 10.0. The highest BCUT2D eigenvalue weighted by Gasteiger charge is 2.25. The van der Waals surface area contributed by atoms with E-state index in [1.807, 2.05) is 31.2 Å². The molecule has 0 saturated carbocycles. The molecule has 0 aliphatic carbocycles. The summed E-state index contributed by atoms with van der Waals surface area (Å²) in [7, 11) is -3.39. The van der Waals surface area contributed by atoms with Gasteiger partial charge in [-0.3, -0.25) is 4.79 Å². The maximum Gasteiger partial charge on any atom is 0.256 e. The molecule has 2 aliphatic heterocycles. The van der Waals surface area contributed by atoms with Gasteiger partial charge in [0.1, 0.15) is 5.84 Å². The Labute approximate surface area is 155 Å². The van der Waals surface area contributed by atoms with Gasteiger partial charge >= 0.3 is 0 Å². The average Bonchev–Trinajstić information content (AvgIpc) is 2.59. The number of carbonyl (C=O) groups is 1. The lowest BCUT2D eigenvalue weighted by Crippen LogP contribution is -2.38. The fourth-order valence-corrected chi connectivity index (χ4v) is 3.93. The molecule has 132 valence electrons. The normalized spacial score (nSPS) is 19.5. The van der Waals surface area contributed by atoms with Crippen molar-refractivity contribution in [1.82, 2.24) is 10.2 Å². The van der Waals surface area contributed by atoms with E-state index in [0.29, 0.717) is 18.0 Å². The van der Waals surface area contributed by atoms with Crippen LogP contribution in [0.2, 0.25) is 0 Å². The van der Waals surface area contributed by atoms with Gasteiger partial charge in [0, 0.05) is 17.2 Å². The first kappa shape index (κ1) is 17.9. The van der Waals surface area contributed by atoms with E-state index in [2.05, 4.69) is 25.6 Å². The van der Waals surface area contributed by atoms with Crippen LogP contribution < -0.4 is 5.32 Å². The number of nitrogens with one attached hydrogen (secondary N) is 1. The Bertz CT molecular complexity index is 873. The second-order valence-corrected chi connectivity index (χ2v) is 8.50. The maximum absolute atomic E-state index is 12.6. The molecule has 8 heteroatoms. The van der Waals surface area contributed by atoms with E-state index in [1.165, 1.54) is 0 Å². The summed E-state index contributed by atoms with van der Waals surface area (Å²) < 4.78 is 27.8. The van der Waals surface area contributed by atoms with Gasteiger partial charge in [0.15, 0.2) is 0 Å². The summed E-state index contributed by atoms with van der Waals surface area (Å²) in [5.41, 5.74) is 1.51. The van der Waals surface area contributed by atoms with Crippen LogP contribution in [0.1, 0.15) is 24.9 Å². The van der Waals surface area contributed by atoms with Crippen molar-refractivity contribution in [3.63, 3.8) is 0 Å². The number of benzene rings is 1. The molecule has 1 N–H and O–H groups in total. The van der Waals surface area contributed by atoms with Crippen molar-refractivity contribution < 1.29 is 13.2 Å². The molecule has 0 bridgehead atoms. The molecule has 25 heavy (non-hydrogen) atoms. The number of amidine groups is 1. The Morgan fingerprint density at radius 2 is 2.04 bits per heavy atom. The zero-order valence-electron chi connectivity index (χ0n) is 13.6. The molecule has 0 unspecified atom stereocenters. The van der Waals surface area contributed by atoms with Gasteiger partial charge in [-0.25, -0.2) is 8.42 Å². The Hall–Kier alpha value is -1.93. The number of sulfonamides is 1. The van der Waals surface area contributed by atoms with Gasteiger partial charge in [0.25, 0.3) is 15.9 Å². The number of rotatable bonds is 4. The molecule has 0 saturated heterocycles. The molecule has 1 aromatic carbocycles. The zero-order chi connectivity index (χ0) is 18.0.